The third-order valence-electron chi connectivity index (χ3n) is 3.47. The van der Waals surface area contributed by atoms with Gasteiger partial charge >= 0.3 is 0 Å². The summed E-state index contributed by atoms with van der Waals surface area (Å²) < 4.78 is 5.17. The Labute approximate surface area is 160 Å². The molecule has 0 aliphatic carbocycles. The minimum absolute atomic E-state index is 0.0297. The summed E-state index contributed by atoms with van der Waals surface area (Å²) in [7, 11) is 0. The van der Waals surface area contributed by atoms with Crippen molar-refractivity contribution in [2.75, 3.05) is 11.9 Å². The number of nitro groups is 1. The van der Waals surface area contributed by atoms with Crippen molar-refractivity contribution in [3.8, 4) is 0 Å². The molecule has 0 unspecified atom stereocenters. The number of aryl methyl sites for hydroxylation is 1. The first-order valence-corrected chi connectivity index (χ1v) is 8.35. The molecule has 0 aliphatic rings. The van der Waals surface area contributed by atoms with Crippen LogP contribution in [-0.4, -0.2) is 22.6 Å². The predicted octanol–water partition coefficient (Wildman–Crippen LogP) is 3.59. The van der Waals surface area contributed by atoms with Crippen LogP contribution < -0.4 is 10.6 Å². The van der Waals surface area contributed by atoms with E-state index in [4.69, 9.17) is 28.6 Å². The van der Waals surface area contributed by atoms with Crippen LogP contribution in [0.25, 0.3) is 0 Å². The van der Waals surface area contributed by atoms with Crippen LogP contribution in [-0.2, 0) is 16.1 Å². The van der Waals surface area contributed by atoms with Gasteiger partial charge in [0.2, 0.25) is 0 Å². The van der Waals surface area contributed by atoms with Crippen LogP contribution in [0.3, 0.4) is 0 Å². The van der Waals surface area contributed by atoms with E-state index in [0.717, 1.165) is 11.1 Å². The zero-order valence-corrected chi connectivity index (χ0v) is 15.4. The van der Waals surface area contributed by atoms with Gasteiger partial charge in [-0.1, -0.05) is 35.9 Å². The van der Waals surface area contributed by atoms with E-state index in [1.807, 2.05) is 19.1 Å². The molecule has 0 spiro atoms. The predicted molar refractivity (Wildman–Crippen MR) is 103 cm³/mol. The average molecular weight is 394 g/mol. The van der Waals surface area contributed by atoms with Crippen molar-refractivity contribution in [1.82, 2.24) is 5.32 Å². The van der Waals surface area contributed by atoms with E-state index in [1.54, 1.807) is 12.1 Å². The van der Waals surface area contributed by atoms with Crippen LogP contribution in [0.1, 0.15) is 11.1 Å². The fraction of sp³-hybridized carbons (Fsp3) is 0.176. The second-order valence-electron chi connectivity index (χ2n) is 5.29. The van der Waals surface area contributed by atoms with Gasteiger partial charge in [-0.3, -0.25) is 14.9 Å². The lowest BCUT2D eigenvalue weighted by molar-refractivity contribution is -0.383. The molecule has 0 saturated carbocycles. The maximum absolute atomic E-state index is 11.9. The van der Waals surface area contributed by atoms with Gasteiger partial charge in [0.25, 0.3) is 16.8 Å². The van der Waals surface area contributed by atoms with Crippen LogP contribution in [0.15, 0.2) is 42.5 Å². The molecule has 0 bridgehead atoms. The number of anilines is 1. The largest absolute Gasteiger partial charge is 0.461 e. The number of carbonyl (C=O) groups is 1. The Hall–Kier alpha value is -2.71. The SMILES string of the molecule is Cc1cccc(Cl)c1CNC(=S)OCC(=O)Nc1ccccc1[N+](=O)[O-]. The number of rotatable bonds is 6. The summed E-state index contributed by atoms with van der Waals surface area (Å²) in [6.45, 7) is 1.91. The first-order chi connectivity index (χ1) is 12.4. The van der Waals surface area contributed by atoms with Gasteiger partial charge in [0.15, 0.2) is 6.61 Å². The Morgan fingerprint density at radius 2 is 2.00 bits per heavy atom. The molecule has 26 heavy (non-hydrogen) atoms. The number of para-hydroxylation sites is 2. The van der Waals surface area contributed by atoms with E-state index in [9.17, 15) is 14.9 Å². The highest BCUT2D eigenvalue weighted by Gasteiger charge is 2.15. The van der Waals surface area contributed by atoms with Gasteiger partial charge in [-0.05, 0) is 42.4 Å². The van der Waals surface area contributed by atoms with Gasteiger partial charge in [0.05, 0.1) is 4.92 Å². The molecule has 136 valence electrons. The lowest BCUT2D eigenvalue weighted by atomic mass is 10.1. The number of carbonyl (C=O) groups excluding carboxylic acids is 1. The molecule has 2 aromatic carbocycles. The van der Waals surface area contributed by atoms with E-state index in [1.165, 1.54) is 18.2 Å². The smallest absolute Gasteiger partial charge is 0.292 e. The number of halogens is 1. The summed E-state index contributed by atoms with van der Waals surface area (Å²) >= 11 is 11.2. The van der Waals surface area contributed by atoms with Crippen LogP contribution in [0.5, 0.6) is 0 Å². The standard InChI is InChI=1S/C17H16ClN3O4S/c1-11-5-4-6-13(18)12(11)9-19-17(26)25-10-16(22)20-14-7-2-3-8-15(14)21(23)24/h2-8H,9-10H2,1H3,(H,19,26)(H,20,22). The zero-order chi connectivity index (χ0) is 19.1. The molecule has 9 heteroatoms. The van der Waals surface area contributed by atoms with Crippen LogP contribution in [0.2, 0.25) is 5.02 Å². The Morgan fingerprint density at radius 1 is 1.27 bits per heavy atom. The molecule has 0 atom stereocenters. The lowest BCUT2D eigenvalue weighted by Crippen LogP contribution is -2.28. The maximum atomic E-state index is 11.9. The van der Waals surface area contributed by atoms with Crippen molar-refractivity contribution >= 4 is 46.3 Å². The Morgan fingerprint density at radius 3 is 2.69 bits per heavy atom. The number of ether oxygens (including phenoxy) is 1. The Bertz CT molecular complexity index is 824. The van der Waals surface area contributed by atoms with Gasteiger partial charge < -0.3 is 15.4 Å². The van der Waals surface area contributed by atoms with Gasteiger partial charge in [-0.25, -0.2) is 0 Å². The number of hydrogen-bond donors (Lipinski definition) is 2. The highest BCUT2D eigenvalue weighted by atomic mass is 35.5. The third-order valence-corrected chi connectivity index (χ3v) is 4.09. The summed E-state index contributed by atoms with van der Waals surface area (Å²) in [5, 5.41) is 16.9. The monoisotopic (exact) mass is 393 g/mol. The first-order valence-electron chi connectivity index (χ1n) is 7.56. The average Bonchev–Trinajstić information content (AvgIpc) is 2.60. The molecule has 2 aromatic rings. The van der Waals surface area contributed by atoms with Crippen LogP contribution in [0.4, 0.5) is 11.4 Å². The van der Waals surface area contributed by atoms with Crippen molar-refractivity contribution in [1.29, 1.82) is 0 Å². The normalized spacial score (nSPS) is 10.1. The maximum Gasteiger partial charge on any atom is 0.292 e. The molecule has 1 amide bonds. The Balaban J connectivity index is 1.84. The van der Waals surface area contributed by atoms with Gasteiger partial charge in [-0.15, -0.1) is 0 Å². The lowest BCUT2D eigenvalue weighted by Gasteiger charge is -2.12. The zero-order valence-electron chi connectivity index (χ0n) is 13.8. The molecule has 0 heterocycles. The second-order valence-corrected chi connectivity index (χ2v) is 6.07. The molecule has 0 saturated heterocycles. The number of nitrogens with one attached hydrogen (secondary N) is 2. The molecule has 0 fully saturated rings. The number of amides is 1. The Kier molecular flexibility index (Phi) is 6.88. The molecule has 0 aliphatic heterocycles. The fourth-order valence-corrected chi connectivity index (χ4v) is 2.58. The molecule has 0 radical (unpaired) electrons. The van der Waals surface area contributed by atoms with Crippen molar-refractivity contribution < 1.29 is 14.5 Å². The van der Waals surface area contributed by atoms with Crippen molar-refractivity contribution in [3.05, 3.63) is 68.7 Å². The molecule has 0 aromatic heterocycles. The molecule has 2 N–H and O–H groups in total. The number of thiocarbonyl (C=S) groups is 1. The highest BCUT2D eigenvalue weighted by molar-refractivity contribution is 7.80. The summed E-state index contributed by atoms with van der Waals surface area (Å²) in [6.07, 6.45) is 0. The third kappa shape index (κ3) is 5.40. The summed E-state index contributed by atoms with van der Waals surface area (Å²) in [5.74, 6) is -0.558. The number of nitro benzene ring substituents is 1. The molecular formula is C17H16ClN3O4S. The molecule has 2 rings (SSSR count). The highest BCUT2D eigenvalue weighted by Crippen LogP contribution is 2.23. The van der Waals surface area contributed by atoms with Crippen LogP contribution in [0, 0.1) is 17.0 Å². The van der Waals surface area contributed by atoms with E-state index in [-0.39, 0.29) is 23.2 Å². The van der Waals surface area contributed by atoms with Crippen LogP contribution >= 0.6 is 23.8 Å². The van der Waals surface area contributed by atoms with Crippen molar-refractivity contribution in [3.63, 3.8) is 0 Å². The van der Waals surface area contributed by atoms with E-state index < -0.39 is 10.8 Å². The quantitative estimate of drug-likeness (QED) is 0.442. The topological polar surface area (TPSA) is 93.5 Å². The number of hydrogen-bond acceptors (Lipinski definition) is 5. The van der Waals surface area contributed by atoms with Gasteiger partial charge in [-0.2, -0.15) is 0 Å². The van der Waals surface area contributed by atoms with Crippen molar-refractivity contribution in [2.45, 2.75) is 13.5 Å². The summed E-state index contributed by atoms with van der Waals surface area (Å²) in [4.78, 5) is 22.3. The second kappa shape index (κ2) is 9.12. The van der Waals surface area contributed by atoms with E-state index in [2.05, 4.69) is 10.6 Å². The summed E-state index contributed by atoms with van der Waals surface area (Å²) in [6, 6.07) is 11.4. The molecule has 7 nitrogen and oxygen atoms in total. The first kappa shape index (κ1) is 19.6. The summed E-state index contributed by atoms with van der Waals surface area (Å²) in [5.41, 5.74) is 1.78. The molecular weight excluding hydrogens is 378 g/mol. The number of benzene rings is 2. The van der Waals surface area contributed by atoms with Gasteiger partial charge in [0, 0.05) is 17.6 Å². The minimum atomic E-state index is -0.575. The fourth-order valence-electron chi connectivity index (χ4n) is 2.16. The number of nitrogens with zero attached hydrogens (tertiary/aromatic N) is 1. The van der Waals surface area contributed by atoms with Gasteiger partial charge in [0.1, 0.15) is 5.69 Å². The van der Waals surface area contributed by atoms with E-state index >= 15 is 0 Å². The van der Waals surface area contributed by atoms with Crippen molar-refractivity contribution in [2.24, 2.45) is 0 Å². The minimum Gasteiger partial charge on any atom is -0.461 e. The van der Waals surface area contributed by atoms with E-state index in [0.29, 0.717) is 11.6 Å².